The van der Waals surface area contributed by atoms with Crippen LogP contribution in [0.4, 0.5) is 5.13 Å². The third-order valence-corrected chi connectivity index (χ3v) is 6.33. The molecule has 0 aliphatic heterocycles. The topological polar surface area (TPSA) is 36.4 Å². The highest BCUT2D eigenvalue weighted by Gasteiger charge is 2.29. The van der Waals surface area contributed by atoms with Crippen molar-refractivity contribution in [2.24, 2.45) is 5.92 Å². The van der Waals surface area contributed by atoms with Crippen LogP contribution in [0.2, 0.25) is 0 Å². The average Bonchev–Trinajstić information content (AvgIpc) is 3.24. The molecule has 1 amide bonds. The maximum absolute atomic E-state index is 13.1. The second-order valence-corrected chi connectivity index (χ2v) is 8.48. The van der Waals surface area contributed by atoms with Gasteiger partial charge in [-0.25, -0.2) is 4.98 Å². The molecule has 2 aromatic rings. The zero-order valence-corrected chi connectivity index (χ0v) is 16.7. The first-order valence-electron chi connectivity index (χ1n) is 9.30. The van der Waals surface area contributed by atoms with Gasteiger partial charge in [0.15, 0.2) is 5.13 Å². The lowest BCUT2D eigenvalue weighted by Gasteiger charge is -2.24. The molecule has 1 saturated carbocycles. The maximum Gasteiger partial charge on any atom is 0.231 e. The normalized spacial score (nSPS) is 15.4. The number of amides is 1. The number of anilines is 1. The summed E-state index contributed by atoms with van der Waals surface area (Å²) >= 11 is 1.67. The molecular formula is C20H29N3OS. The summed E-state index contributed by atoms with van der Waals surface area (Å²) in [7, 11) is 4.15. The largest absolute Gasteiger partial charge is 0.309 e. The summed E-state index contributed by atoms with van der Waals surface area (Å²) in [5.74, 6) is 0.471. The highest BCUT2D eigenvalue weighted by molar-refractivity contribution is 7.22. The van der Waals surface area contributed by atoms with E-state index in [4.69, 9.17) is 4.98 Å². The van der Waals surface area contributed by atoms with Crippen LogP contribution in [-0.4, -0.2) is 43.0 Å². The third kappa shape index (κ3) is 4.04. The molecule has 1 heterocycles. The number of benzene rings is 1. The van der Waals surface area contributed by atoms with Gasteiger partial charge in [-0.15, -0.1) is 0 Å². The Morgan fingerprint density at radius 1 is 1.16 bits per heavy atom. The van der Waals surface area contributed by atoms with Crippen LogP contribution in [0.1, 0.15) is 43.2 Å². The third-order valence-electron chi connectivity index (χ3n) is 5.12. The first kappa shape index (κ1) is 18.3. The molecule has 0 bridgehead atoms. The molecule has 1 aliphatic carbocycles. The van der Waals surface area contributed by atoms with E-state index in [1.807, 2.05) is 4.90 Å². The van der Waals surface area contributed by atoms with Crippen LogP contribution >= 0.6 is 11.3 Å². The van der Waals surface area contributed by atoms with Gasteiger partial charge >= 0.3 is 0 Å². The predicted octanol–water partition coefficient (Wildman–Crippen LogP) is 4.39. The van der Waals surface area contributed by atoms with Crippen molar-refractivity contribution < 1.29 is 4.79 Å². The molecule has 136 valence electrons. The summed E-state index contributed by atoms with van der Waals surface area (Å²) in [6, 6.07) is 4.27. The molecule has 0 saturated heterocycles. The van der Waals surface area contributed by atoms with E-state index in [1.54, 1.807) is 11.3 Å². The number of aryl methyl sites for hydroxylation is 2. The highest BCUT2D eigenvalue weighted by atomic mass is 32.1. The molecule has 0 radical (unpaired) electrons. The van der Waals surface area contributed by atoms with Crippen molar-refractivity contribution in [3.63, 3.8) is 0 Å². The number of hydrogen-bond donors (Lipinski definition) is 0. The molecule has 0 N–H and O–H groups in total. The Hall–Kier alpha value is -1.46. The molecule has 0 unspecified atom stereocenters. The Morgan fingerprint density at radius 2 is 1.84 bits per heavy atom. The highest BCUT2D eigenvalue weighted by Crippen LogP contribution is 2.35. The van der Waals surface area contributed by atoms with E-state index in [0.717, 1.165) is 43.0 Å². The lowest BCUT2D eigenvalue weighted by Crippen LogP contribution is -2.37. The lowest BCUT2D eigenvalue weighted by atomic mass is 10.1. The predicted molar refractivity (Wildman–Crippen MR) is 107 cm³/mol. The minimum Gasteiger partial charge on any atom is -0.309 e. The van der Waals surface area contributed by atoms with Gasteiger partial charge in [-0.3, -0.25) is 9.69 Å². The van der Waals surface area contributed by atoms with Crippen molar-refractivity contribution >= 4 is 32.6 Å². The SMILES string of the molecule is Cc1ccc(C)c2sc(N(CCCN(C)C)C(=O)C3CCCC3)nc12. The molecule has 1 aliphatic rings. The van der Waals surface area contributed by atoms with E-state index in [0.29, 0.717) is 0 Å². The Morgan fingerprint density at radius 3 is 2.48 bits per heavy atom. The molecular weight excluding hydrogens is 330 g/mol. The van der Waals surface area contributed by atoms with Crippen molar-refractivity contribution in [1.29, 1.82) is 0 Å². The molecule has 3 rings (SSSR count). The number of nitrogens with zero attached hydrogens (tertiary/aromatic N) is 3. The van der Waals surface area contributed by atoms with Crippen LogP contribution in [0, 0.1) is 19.8 Å². The number of carbonyl (C=O) groups excluding carboxylic acids is 1. The fourth-order valence-corrected chi connectivity index (χ4v) is 4.75. The van der Waals surface area contributed by atoms with Gasteiger partial charge in [-0.1, -0.05) is 36.3 Å². The zero-order valence-electron chi connectivity index (χ0n) is 15.8. The van der Waals surface area contributed by atoms with E-state index in [9.17, 15) is 4.79 Å². The number of carbonyl (C=O) groups is 1. The second kappa shape index (κ2) is 7.83. The summed E-state index contributed by atoms with van der Waals surface area (Å²) in [6.45, 7) is 5.96. The quantitative estimate of drug-likeness (QED) is 0.767. The molecule has 0 spiro atoms. The molecule has 1 fully saturated rings. The minimum atomic E-state index is 0.188. The molecule has 25 heavy (non-hydrogen) atoms. The van der Waals surface area contributed by atoms with Gasteiger partial charge in [-0.2, -0.15) is 0 Å². The molecule has 4 nitrogen and oxygen atoms in total. The van der Waals surface area contributed by atoms with Crippen LogP contribution < -0.4 is 4.90 Å². The van der Waals surface area contributed by atoms with E-state index in [2.05, 4.69) is 45.0 Å². The number of hydrogen-bond acceptors (Lipinski definition) is 4. The fraction of sp³-hybridized carbons (Fsp3) is 0.600. The van der Waals surface area contributed by atoms with E-state index < -0.39 is 0 Å². The number of fused-ring (bicyclic) bond motifs is 1. The summed E-state index contributed by atoms with van der Waals surface area (Å²) in [4.78, 5) is 22.2. The number of rotatable bonds is 6. The van der Waals surface area contributed by atoms with Crippen molar-refractivity contribution in [1.82, 2.24) is 9.88 Å². The zero-order chi connectivity index (χ0) is 18.0. The van der Waals surface area contributed by atoms with Crippen molar-refractivity contribution in [3.8, 4) is 0 Å². The Balaban J connectivity index is 1.91. The number of aromatic nitrogens is 1. The Bertz CT molecular complexity index is 708. The summed E-state index contributed by atoms with van der Waals surface area (Å²) in [5, 5.41) is 0.878. The molecule has 1 aromatic heterocycles. The van der Waals surface area contributed by atoms with Crippen molar-refractivity contribution in [3.05, 3.63) is 23.3 Å². The van der Waals surface area contributed by atoms with Gasteiger partial charge in [0, 0.05) is 12.5 Å². The summed E-state index contributed by atoms with van der Waals surface area (Å²) in [5.41, 5.74) is 3.48. The van der Waals surface area contributed by atoms with Crippen LogP contribution in [0.25, 0.3) is 10.2 Å². The van der Waals surface area contributed by atoms with Crippen molar-refractivity contribution in [2.45, 2.75) is 46.0 Å². The Labute approximate surface area is 154 Å². The van der Waals surface area contributed by atoms with E-state index >= 15 is 0 Å². The van der Waals surface area contributed by atoms with Crippen LogP contribution in [0.3, 0.4) is 0 Å². The summed E-state index contributed by atoms with van der Waals surface area (Å²) in [6.07, 6.45) is 5.40. The first-order valence-corrected chi connectivity index (χ1v) is 10.1. The standard InChI is InChI=1S/C20H29N3OS/c1-14-10-11-15(2)18-17(14)21-20(25-18)23(13-7-12-22(3)4)19(24)16-8-5-6-9-16/h10-11,16H,5-9,12-13H2,1-4H3. The molecule has 1 aromatic carbocycles. The lowest BCUT2D eigenvalue weighted by molar-refractivity contribution is -0.122. The first-order chi connectivity index (χ1) is 12.0. The maximum atomic E-state index is 13.1. The average molecular weight is 360 g/mol. The summed E-state index contributed by atoms with van der Waals surface area (Å²) < 4.78 is 1.21. The van der Waals surface area contributed by atoms with Crippen LogP contribution in [0.5, 0.6) is 0 Å². The minimum absolute atomic E-state index is 0.188. The molecule has 0 atom stereocenters. The van der Waals surface area contributed by atoms with Crippen LogP contribution in [-0.2, 0) is 4.79 Å². The molecule has 5 heteroatoms. The van der Waals surface area contributed by atoms with Gasteiger partial charge in [0.1, 0.15) is 0 Å². The van der Waals surface area contributed by atoms with Crippen molar-refractivity contribution in [2.75, 3.05) is 32.1 Å². The van der Waals surface area contributed by atoms with E-state index in [-0.39, 0.29) is 11.8 Å². The van der Waals surface area contributed by atoms with Gasteiger partial charge in [0.2, 0.25) is 5.91 Å². The van der Waals surface area contributed by atoms with Gasteiger partial charge in [0.25, 0.3) is 0 Å². The fourth-order valence-electron chi connectivity index (χ4n) is 3.60. The van der Waals surface area contributed by atoms with Gasteiger partial charge in [0.05, 0.1) is 10.2 Å². The second-order valence-electron chi connectivity index (χ2n) is 7.50. The number of thiazole rings is 1. The van der Waals surface area contributed by atoms with Gasteiger partial charge in [-0.05, 0) is 64.9 Å². The smallest absolute Gasteiger partial charge is 0.231 e. The van der Waals surface area contributed by atoms with E-state index in [1.165, 1.54) is 28.7 Å². The van der Waals surface area contributed by atoms with Gasteiger partial charge < -0.3 is 4.90 Å². The van der Waals surface area contributed by atoms with Crippen LogP contribution in [0.15, 0.2) is 12.1 Å². The monoisotopic (exact) mass is 359 g/mol. The Kier molecular flexibility index (Phi) is 5.74.